The fourth-order valence-corrected chi connectivity index (χ4v) is 3.21. The van der Waals surface area contributed by atoms with Gasteiger partial charge in [0, 0.05) is 29.9 Å². The van der Waals surface area contributed by atoms with Crippen molar-refractivity contribution in [1.29, 1.82) is 0 Å². The summed E-state index contributed by atoms with van der Waals surface area (Å²) in [4.78, 5) is 36.4. The summed E-state index contributed by atoms with van der Waals surface area (Å²) in [5, 5.41) is 8.25. The molecule has 0 radical (unpaired) electrons. The molecule has 3 rings (SSSR count). The van der Waals surface area contributed by atoms with Crippen LogP contribution in [-0.2, 0) is 4.79 Å². The van der Waals surface area contributed by atoms with E-state index in [1.165, 1.54) is 0 Å². The number of nitrogens with one attached hydrogen (secondary N) is 3. The number of carbonyl (C=O) groups is 3. The molecule has 0 aliphatic carbocycles. The van der Waals surface area contributed by atoms with Gasteiger partial charge in [0.25, 0.3) is 17.7 Å². The lowest BCUT2D eigenvalue weighted by Crippen LogP contribution is -2.34. The molecule has 0 saturated heterocycles. The molecule has 7 heteroatoms. The number of amides is 3. The number of hydrogen-bond acceptors (Lipinski definition) is 4. The van der Waals surface area contributed by atoms with Crippen LogP contribution >= 0.6 is 0 Å². The van der Waals surface area contributed by atoms with Crippen molar-refractivity contribution in [2.75, 3.05) is 25.0 Å². The lowest BCUT2D eigenvalue weighted by atomic mass is 10.1. The lowest BCUT2D eigenvalue weighted by molar-refractivity contribution is -0.118. The molecule has 0 heterocycles. The van der Waals surface area contributed by atoms with Crippen LogP contribution < -0.4 is 20.7 Å². The van der Waals surface area contributed by atoms with Crippen LogP contribution in [-0.4, -0.2) is 37.4 Å². The van der Waals surface area contributed by atoms with E-state index >= 15 is 0 Å². The Morgan fingerprint density at radius 3 is 1.85 bits per heavy atom. The summed E-state index contributed by atoms with van der Waals surface area (Å²) in [6.07, 6.45) is 0. The summed E-state index contributed by atoms with van der Waals surface area (Å²) in [5.74, 6) is -0.0958. The number of aryl methyl sites for hydroxylation is 2. The van der Waals surface area contributed by atoms with Gasteiger partial charge < -0.3 is 20.7 Å². The van der Waals surface area contributed by atoms with Crippen LogP contribution in [0, 0.1) is 13.8 Å². The summed E-state index contributed by atoms with van der Waals surface area (Å²) in [7, 11) is 0. The third kappa shape index (κ3) is 7.50. The van der Waals surface area contributed by atoms with E-state index in [0.29, 0.717) is 35.7 Å². The van der Waals surface area contributed by atoms with E-state index in [2.05, 4.69) is 16.0 Å². The molecular weight excluding hydrogens is 418 g/mol. The number of carbonyl (C=O) groups excluding carboxylic acids is 3. The fourth-order valence-electron chi connectivity index (χ4n) is 3.21. The van der Waals surface area contributed by atoms with Crippen molar-refractivity contribution in [2.45, 2.75) is 13.8 Å². The molecule has 0 unspecified atom stereocenters. The van der Waals surface area contributed by atoms with Crippen molar-refractivity contribution >= 4 is 23.4 Å². The maximum Gasteiger partial charge on any atom is 0.262 e. The molecule has 3 aromatic carbocycles. The van der Waals surface area contributed by atoms with Gasteiger partial charge in [-0.05, 0) is 73.5 Å². The molecule has 33 heavy (non-hydrogen) atoms. The minimum absolute atomic E-state index is 0.111. The molecule has 3 aromatic rings. The molecule has 7 nitrogen and oxygen atoms in total. The highest BCUT2D eigenvalue weighted by molar-refractivity contribution is 5.96. The van der Waals surface area contributed by atoms with Gasteiger partial charge >= 0.3 is 0 Å². The maximum absolute atomic E-state index is 12.3. The van der Waals surface area contributed by atoms with E-state index < -0.39 is 0 Å². The molecule has 170 valence electrons. The van der Waals surface area contributed by atoms with Crippen LogP contribution in [0.25, 0.3) is 0 Å². The zero-order valence-electron chi connectivity index (χ0n) is 18.7. The molecular formula is C26H27N3O4. The zero-order chi connectivity index (χ0) is 23.6. The van der Waals surface area contributed by atoms with Crippen molar-refractivity contribution in [3.05, 3.63) is 95.1 Å². The summed E-state index contributed by atoms with van der Waals surface area (Å²) in [6, 6.07) is 21.2. The minimum Gasteiger partial charge on any atom is -0.484 e. The third-order valence-electron chi connectivity index (χ3n) is 4.73. The van der Waals surface area contributed by atoms with Crippen LogP contribution in [0.4, 0.5) is 5.69 Å². The van der Waals surface area contributed by atoms with Crippen molar-refractivity contribution in [1.82, 2.24) is 10.6 Å². The predicted octanol–water partition coefficient (Wildman–Crippen LogP) is 3.48. The van der Waals surface area contributed by atoms with Gasteiger partial charge in [0.05, 0.1) is 0 Å². The second-order valence-electron chi connectivity index (χ2n) is 7.62. The first-order chi connectivity index (χ1) is 15.9. The van der Waals surface area contributed by atoms with Crippen molar-refractivity contribution in [3.8, 4) is 5.75 Å². The largest absolute Gasteiger partial charge is 0.484 e. The SMILES string of the molecule is Cc1cc(C)cc(OCC(=O)Nc2ccc(C(=O)NCCNC(=O)c3ccccc3)cc2)c1. The van der Waals surface area contributed by atoms with Gasteiger partial charge in [0.2, 0.25) is 0 Å². The highest BCUT2D eigenvalue weighted by Gasteiger charge is 2.08. The molecule has 0 saturated carbocycles. The highest BCUT2D eigenvalue weighted by atomic mass is 16.5. The molecule has 0 aliphatic heterocycles. The van der Waals surface area contributed by atoms with Crippen LogP contribution in [0.1, 0.15) is 31.8 Å². The van der Waals surface area contributed by atoms with Gasteiger partial charge in [-0.2, -0.15) is 0 Å². The van der Waals surface area contributed by atoms with Crippen molar-refractivity contribution in [2.24, 2.45) is 0 Å². The average molecular weight is 446 g/mol. The maximum atomic E-state index is 12.3. The number of rotatable bonds is 9. The standard InChI is InChI=1S/C26H27N3O4/c1-18-14-19(2)16-23(15-18)33-17-24(30)29-22-10-8-21(9-11-22)26(32)28-13-12-27-25(31)20-6-4-3-5-7-20/h3-11,14-16H,12-13,17H2,1-2H3,(H,27,31)(H,28,32)(H,29,30). The molecule has 0 spiro atoms. The average Bonchev–Trinajstić information content (AvgIpc) is 2.80. The van der Waals surface area contributed by atoms with Crippen LogP contribution in [0.15, 0.2) is 72.8 Å². The Hall–Kier alpha value is -4.13. The fraction of sp³-hybridized carbons (Fsp3) is 0.192. The normalized spacial score (nSPS) is 10.2. The third-order valence-corrected chi connectivity index (χ3v) is 4.73. The van der Waals surface area contributed by atoms with Gasteiger partial charge in [-0.1, -0.05) is 24.3 Å². The van der Waals surface area contributed by atoms with Gasteiger partial charge in [-0.25, -0.2) is 0 Å². The van der Waals surface area contributed by atoms with Gasteiger partial charge in [-0.15, -0.1) is 0 Å². The second-order valence-corrected chi connectivity index (χ2v) is 7.62. The molecule has 0 aliphatic rings. The Kier molecular flexibility index (Phi) is 8.18. The van der Waals surface area contributed by atoms with Gasteiger partial charge in [-0.3, -0.25) is 14.4 Å². The van der Waals surface area contributed by atoms with E-state index in [9.17, 15) is 14.4 Å². The van der Waals surface area contributed by atoms with E-state index in [1.807, 2.05) is 38.1 Å². The first kappa shape index (κ1) is 23.5. The minimum atomic E-state index is -0.291. The van der Waals surface area contributed by atoms with E-state index in [0.717, 1.165) is 11.1 Å². The first-order valence-corrected chi connectivity index (χ1v) is 10.6. The van der Waals surface area contributed by atoms with Crippen LogP contribution in [0.5, 0.6) is 5.75 Å². The highest BCUT2D eigenvalue weighted by Crippen LogP contribution is 2.16. The van der Waals surface area contributed by atoms with Gasteiger partial charge in [0.15, 0.2) is 6.61 Å². The molecule has 0 atom stereocenters. The Morgan fingerprint density at radius 1 is 0.727 bits per heavy atom. The second kappa shape index (κ2) is 11.5. The number of anilines is 1. The number of hydrogen-bond donors (Lipinski definition) is 3. The molecule has 0 bridgehead atoms. The van der Waals surface area contributed by atoms with Crippen LogP contribution in [0.3, 0.4) is 0 Å². The smallest absolute Gasteiger partial charge is 0.262 e. The Balaban J connectivity index is 1.40. The topological polar surface area (TPSA) is 96.5 Å². The summed E-state index contributed by atoms with van der Waals surface area (Å²) < 4.78 is 5.56. The number of benzene rings is 3. The van der Waals surface area contributed by atoms with Crippen molar-refractivity contribution < 1.29 is 19.1 Å². The summed E-state index contributed by atoms with van der Waals surface area (Å²) in [6.45, 7) is 4.44. The van der Waals surface area contributed by atoms with E-state index in [1.54, 1.807) is 48.5 Å². The van der Waals surface area contributed by atoms with Crippen molar-refractivity contribution in [3.63, 3.8) is 0 Å². The Morgan fingerprint density at radius 2 is 1.27 bits per heavy atom. The lowest BCUT2D eigenvalue weighted by Gasteiger charge is -2.10. The van der Waals surface area contributed by atoms with E-state index in [4.69, 9.17) is 4.74 Å². The zero-order valence-corrected chi connectivity index (χ0v) is 18.7. The van der Waals surface area contributed by atoms with E-state index in [-0.39, 0.29) is 24.3 Å². The quantitative estimate of drug-likeness (QED) is 0.440. The van der Waals surface area contributed by atoms with Gasteiger partial charge in [0.1, 0.15) is 5.75 Å². The monoisotopic (exact) mass is 445 g/mol. The molecule has 0 fully saturated rings. The number of ether oxygens (including phenoxy) is 1. The molecule has 0 aromatic heterocycles. The Bertz CT molecular complexity index is 1090. The summed E-state index contributed by atoms with van der Waals surface area (Å²) in [5.41, 5.74) is 3.72. The summed E-state index contributed by atoms with van der Waals surface area (Å²) >= 11 is 0. The molecule has 3 amide bonds. The van der Waals surface area contributed by atoms with Crippen LogP contribution in [0.2, 0.25) is 0 Å². The first-order valence-electron chi connectivity index (χ1n) is 10.6. The molecule has 3 N–H and O–H groups in total. The predicted molar refractivity (Wildman–Crippen MR) is 128 cm³/mol. The Labute approximate surface area is 193 Å².